The SMILES string of the molecule is COc1ccc(S(=O)(=O)N2CCC(c3ccc(C(F)(F)F)cc3)CC2)c(C(=O)NO)c1OC. The Bertz CT molecular complexity index is 1110. The molecule has 0 saturated carbocycles. The lowest BCUT2D eigenvalue weighted by molar-refractivity contribution is -0.137. The van der Waals surface area contributed by atoms with Gasteiger partial charge in [0.05, 0.1) is 24.7 Å². The number of carbonyl (C=O) groups is 1. The van der Waals surface area contributed by atoms with Gasteiger partial charge < -0.3 is 9.47 Å². The van der Waals surface area contributed by atoms with Crippen molar-refractivity contribution in [1.82, 2.24) is 9.79 Å². The van der Waals surface area contributed by atoms with E-state index in [1.165, 1.54) is 48.3 Å². The van der Waals surface area contributed by atoms with Crippen molar-refractivity contribution in [2.24, 2.45) is 0 Å². The summed E-state index contributed by atoms with van der Waals surface area (Å²) in [5, 5.41) is 9.13. The number of nitrogens with one attached hydrogen (secondary N) is 1. The van der Waals surface area contributed by atoms with E-state index < -0.39 is 33.2 Å². The van der Waals surface area contributed by atoms with Gasteiger partial charge in [0.2, 0.25) is 10.0 Å². The number of carbonyl (C=O) groups excluding carboxylic acids is 1. The molecule has 1 heterocycles. The molecule has 180 valence electrons. The summed E-state index contributed by atoms with van der Waals surface area (Å²) in [6.45, 7) is 0.200. The zero-order chi connectivity index (χ0) is 24.4. The van der Waals surface area contributed by atoms with Gasteiger partial charge in [-0.2, -0.15) is 17.5 Å². The Balaban J connectivity index is 1.85. The van der Waals surface area contributed by atoms with E-state index in [2.05, 4.69) is 0 Å². The van der Waals surface area contributed by atoms with E-state index >= 15 is 0 Å². The number of hydroxylamine groups is 1. The van der Waals surface area contributed by atoms with Gasteiger partial charge in [-0.25, -0.2) is 13.9 Å². The second-order valence-corrected chi connectivity index (χ2v) is 9.32. The molecule has 0 radical (unpaired) electrons. The summed E-state index contributed by atoms with van der Waals surface area (Å²) in [5.41, 5.74) is 0.989. The highest BCUT2D eigenvalue weighted by atomic mass is 32.2. The summed E-state index contributed by atoms with van der Waals surface area (Å²) in [5.74, 6) is -1.23. The number of hydrogen-bond donors (Lipinski definition) is 2. The van der Waals surface area contributed by atoms with Crippen LogP contribution in [0.3, 0.4) is 0 Å². The van der Waals surface area contributed by atoms with E-state index in [0.29, 0.717) is 18.4 Å². The Kier molecular flexibility index (Phi) is 7.20. The van der Waals surface area contributed by atoms with Gasteiger partial charge >= 0.3 is 6.18 Å². The van der Waals surface area contributed by atoms with Crippen molar-refractivity contribution in [3.05, 3.63) is 53.1 Å². The van der Waals surface area contributed by atoms with Crippen LogP contribution in [-0.4, -0.2) is 51.1 Å². The molecular weight excluding hydrogens is 465 g/mol. The highest BCUT2D eigenvalue weighted by Gasteiger charge is 2.36. The fourth-order valence-corrected chi connectivity index (χ4v) is 5.56. The first-order valence-corrected chi connectivity index (χ1v) is 11.3. The van der Waals surface area contributed by atoms with Gasteiger partial charge in [0.25, 0.3) is 5.91 Å². The molecule has 0 unspecified atom stereocenters. The molecule has 2 aromatic rings. The number of alkyl halides is 3. The summed E-state index contributed by atoms with van der Waals surface area (Å²) in [6.07, 6.45) is -3.65. The van der Waals surface area contributed by atoms with Crippen molar-refractivity contribution in [3.8, 4) is 11.5 Å². The third kappa shape index (κ3) is 4.92. The molecule has 1 aliphatic heterocycles. The van der Waals surface area contributed by atoms with Crippen LogP contribution in [0, 0.1) is 0 Å². The molecule has 1 amide bonds. The summed E-state index contributed by atoms with van der Waals surface area (Å²) in [7, 11) is -1.61. The third-order valence-corrected chi connectivity index (χ3v) is 7.56. The smallest absolute Gasteiger partial charge is 0.416 e. The maximum absolute atomic E-state index is 13.3. The number of rotatable bonds is 6. The maximum Gasteiger partial charge on any atom is 0.416 e. The van der Waals surface area contributed by atoms with Crippen LogP contribution < -0.4 is 15.0 Å². The van der Waals surface area contributed by atoms with Crippen molar-refractivity contribution in [2.75, 3.05) is 27.3 Å². The van der Waals surface area contributed by atoms with Gasteiger partial charge in [-0.15, -0.1) is 0 Å². The van der Waals surface area contributed by atoms with Gasteiger partial charge in [-0.1, -0.05) is 12.1 Å². The molecule has 1 fully saturated rings. The van der Waals surface area contributed by atoms with E-state index in [1.807, 2.05) is 0 Å². The lowest BCUT2D eigenvalue weighted by atomic mass is 9.90. The monoisotopic (exact) mass is 488 g/mol. The Labute approximate surface area is 188 Å². The second-order valence-electron chi connectivity index (χ2n) is 7.41. The largest absolute Gasteiger partial charge is 0.493 e. The molecule has 2 aromatic carbocycles. The molecule has 8 nitrogen and oxygen atoms in total. The second kappa shape index (κ2) is 9.57. The number of piperidine rings is 1. The molecule has 1 saturated heterocycles. The minimum absolute atomic E-state index is 0.0998. The molecule has 3 rings (SSSR count). The lowest BCUT2D eigenvalue weighted by Gasteiger charge is -2.32. The normalized spacial score (nSPS) is 15.8. The Morgan fingerprint density at radius 3 is 2.15 bits per heavy atom. The quantitative estimate of drug-likeness (QED) is 0.477. The van der Waals surface area contributed by atoms with Crippen molar-refractivity contribution < 1.29 is 41.1 Å². The number of halogens is 3. The number of hydrogen-bond acceptors (Lipinski definition) is 6. The van der Waals surface area contributed by atoms with E-state index in [4.69, 9.17) is 14.7 Å². The van der Waals surface area contributed by atoms with E-state index in [1.54, 1.807) is 0 Å². The average Bonchev–Trinajstić information content (AvgIpc) is 2.82. The van der Waals surface area contributed by atoms with Crippen LogP contribution >= 0.6 is 0 Å². The molecule has 0 aliphatic carbocycles. The van der Waals surface area contributed by atoms with Gasteiger partial charge in [-0.05, 0) is 48.6 Å². The fourth-order valence-electron chi connectivity index (χ4n) is 3.91. The van der Waals surface area contributed by atoms with Crippen LogP contribution in [0.1, 0.15) is 40.2 Å². The zero-order valence-corrected chi connectivity index (χ0v) is 18.7. The maximum atomic E-state index is 13.3. The summed E-state index contributed by atoms with van der Waals surface area (Å²) in [6, 6.07) is 7.40. The van der Waals surface area contributed by atoms with Crippen LogP contribution in [0.25, 0.3) is 0 Å². The minimum Gasteiger partial charge on any atom is -0.493 e. The number of nitrogens with zero attached hydrogens (tertiary/aromatic N) is 1. The van der Waals surface area contributed by atoms with E-state index in [-0.39, 0.29) is 35.4 Å². The number of sulfonamides is 1. The molecule has 0 aromatic heterocycles. The molecule has 1 aliphatic rings. The average molecular weight is 488 g/mol. The van der Waals surface area contributed by atoms with Crippen LogP contribution in [0.5, 0.6) is 11.5 Å². The molecular formula is C21H23F3N2O6S. The molecule has 0 bridgehead atoms. The number of methoxy groups -OCH3 is 2. The van der Waals surface area contributed by atoms with Crippen LogP contribution in [-0.2, 0) is 16.2 Å². The minimum atomic E-state index is -4.42. The van der Waals surface area contributed by atoms with Gasteiger partial charge in [0.1, 0.15) is 5.56 Å². The highest BCUT2D eigenvalue weighted by Crippen LogP contribution is 2.38. The Morgan fingerprint density at radius 1 is 1.06 bits per heavy atom. The summed E-state index contributed by atoms with van der Waals surface area (Å²) < 4.78 is 76.5. The predicted molar refractivity (Wildman–Crippen MR) is 111 cm³/mol. The highest BCUT2D eigenvalue weighted by molar-refractivity contribution is 7.89. The number of benzene rings is 2. The summed E-state index contributed by atoms with van der Waals surface area (Å²) in [4.78, 5) is 11.9. The molecule has 0 spiro atoms. The Morgan fingerprint density at radius 2 is 1.67 bits per heavy atom. The Hall–Kier alpha value is -2.83. The first-order valence-electron chi connectivity index (χ1n) is 9.91. The first kappa shape index (κ1) is 24.8. The predicted octanol–water partition coefficient (Wildman–Crippen LogP) is 3.41. The third-order valence-electron chi connectivity index (χ3n) is 5.62. The van der Waals surface area contributed by atoms with Gasteiger partial charge in [0.15, 0.2) is 11.5 Å². The van der Waals surface area contributed by atoms with Crippen LogP contribution in [0.15, 0.2) is 41.3 Å². The van der Waals surface area contributed by atoms with Crippen molar-refractivity contribution in [3.63, 3.8) is 0 Å². The van der Waals surface area contributed by atoms with E-state index in [0.717, 1.165) is 12.1 Å². The van der Waals surface area contributed by atoms with Crippen LogP contribution in [0.4, 0.5) is 13.2 Å². The standard InChI is InChI=1S/C21H23F3N2O6S/c1-31-16-7-8-17(18(19(16)32-2)20(27)25-28)33(29,30)26-11-9-14(10-12-26)13-3-5-15(6-4-13)21(22,23)24/h3-8,14,28H,9-12H2,1-2H3,(H,25,27). The van der Waals surface area contributed by atoms with Gasteiger partial charge in [0, 0.05) is 13.1 Å². The van der Waals surface area contributed by atoms with Crippen molar-refractivity contribution in [1.29, 1.82) is 0 Å². The first-order chi connectivity index (χ1) is 15.5. The molecule has 33 heavy (non-hydrogen) atoms. The molecule has 2 N–H and O–H groups in total. The topological polar surface area (TPSA) is 105 Å². The van der Waals surface area contributed by atoms with E-state index in [9.17, 15) is 26.4 Å². The fraction of sp³-hybridized carbons (Fsp3) is 0.381. The molecule has 12 heteroatoms. The number of amides is 1. The van der Waals surface area contributed by atoms with Crippen molar-refractivity contribution in [2.45, 2.75) is 29.8 Å². The molecule has 0 atom stereocenters. The number of ether oxygens (including phenoxy) is 2. The zero-order valence-electron chi connectivity index (χ0n) is 17.8. The van der Waals surface area contributed by atoms with Crippen LogP contribution in [0.2, 0.25) is 0 Å². The van der Waals surface area contributed by atoms with Gasteiger partial charge in [-0.3, -0.25) is 10.0 Å². The van der Waals surface area contributed by atoms with Crippen molar-refractivity contribution >= 4 is 15.9 Å². The lowest BCUT2D eigenvalue weighted by Crippen LogP contribution is -2.39. The summed E-state index contributed by atoms with van der Waals surface area (Å²) >= 11 is 0.